The summed E-state index contributed by atoms with van der Waals surface area (Å²) in [5, 5.41) is 11.5. The lowest BCUT2D eigenvalue weighted by atomic mass is 10.1. The van der Waals surface area contributed by atoms with E-state index in [0.29, 0.717) is 10.9 Å². The SMILES string of the molecule is O=c1c2ccc(F)cc2nnn1C1CCNCC1. The molecular formula is C12H13FN4O. The van der Waals surface area contributed by atoms with E-state index >= 15 is 0 Å². The summed E-state index contributed by atoms with van der Waals surface area (Å²) in [4.78, 5) is 12.3. The third-order valence-corrected chi connectivity index (χ3v) is 3.30. The van der Waals surface area contributed by atoms with Gasteiger partial charge in [0.1, 0.15) is 11.3 Å². The summed E-state index contributed by atoms with van der Waals surface area (Å²) in [6.07, 6.45) is 1.72. The molecule has 0 atom stereocenters. The van der Waals surface area contributed by atoms with Gasteiger partial charge in [0.15, 0.2) is 0 Å². The Hall–Kier alpha value is -1.82. The van der Waals surface area contributed by atoms with Crippen molar-refractivity contribution in [2.45, 2.75) is 18.9 Å². The van der Waals surface area contributed by atoms with E-state index in [9.17, 15) is 9.18 Å². The van der Waals surface area contributed by atoms with E-state index in [-0.39, 0.29) is 11.6 Å². The van der Waals surface area contributed by atoms with Gasteiger partial charge in [-0.25, -0.2) is 9.07 Å². The molecule has 18 heavy (non-hydrogen) atoms. The van der Waals surface area contributed by atoms with E-state index in [1.807, 2.05) is 0 Å². The van der Waals surface area contributed by atoms with Crippen molar-refractivity contribution >= 4 is 10.9 Å². The van der Waals surface area contributed by atoms with Crippen LogP contribution in [-0.2, 0) is 0 Å². The van der Waals surface area contributed by atoms with Crippen molar-refractivity contribution in [3.8, 4) is 0 Å². The number of hydrogen-bond donors (Lipinski definition) is 1. The molecule has 1 aromatic carbocycles. The number of rotatable bonds is 1. The van der Waals surface area contributed by atoms with Crippen LogP contribution < -0.4 is 10.9 Å². The molecule has 1 fully saturated rings. The van der Waals surface area contributed by atoms with Gasteiger partial charge in [-0.3, -0.25) is 4.79 Å². The summed E-state index contributed by atoms with van der Waals surface area (Å²) in [5.41, 5.74) is 0.122. The second-order valence-electron chi connectivity index (χ2n) is 4.48. The van der Waals surface area contributed by atoms with Crippen LogP contribution in [0.2, 0.25) is 0 Å². The van der Waals surface area contributed by atoms with E-state index in [2.05, 4.69) is 15.6 Å². The molecule has 6 heteroatoms. The van der Waals surface area contributed by atoms with Crippen LogP contribution in [0.3, 0.4) is 0 Å². The van der Waals surface area contributed by atoms with Crippen molar-refractivity contribution in [1.82, 2.24) is 20.3 Å². The third kappa shape index (κ3) is 1.88. The first-order valence-corrected chi connectivity index (χ1v) is 6.01. The second-order valence-corrected chi connectivity index (χ2v) is 4.48. The minimum atomic E-state index is -0.407. The van der Waals surface area contributed by atoms with Crippen molar-refractivity contribution in [1.29, 1.82) is 0 Å². The molecule has 0 spiro atoms. The molecule has 1 aliphatic rings. The number of hydrogen-bond acceptors (Lipinski definition) is 4. The predicted molar refractivity (Wildman–Crippen MR) is 64.9 cm³/mol. The first-order chi connectivity index (χ1) is 8.75. The molecule has 1 saturated heterocycles. The number of halogens is 1. The van der Waals surface area contributed by atoms with Gasteiger partial charge in [0.05, 0.1) is 11.4 Å². The van der Waals surface area contributed by atoms with Crippen LogP contribution in [0.5, 0.6) is 0 Å². The lowest BCUT2D eigenvalue weighted by Crippen LogP contribution is -2.36. The van der Waals surface area contributed by atoms with E-state index in [1.54, 1.807) is 0 Å². The first-order valence-electron chi connectivity index (χ1n) is 6.01. The molecule has 3 rings (SSSR count). The van der Waals surface area contributed by atoms with Crippen LogP contribution in [0.15, 0.2) is 23.0 Å². The molecule has 94 valence electrons. The number of aromatic nitrogens is 3. The summed E-state index contributed by atoms with van der Waals surface area (Å²) in [6.45, 7) is 1.75. The highest BCUT2D eigenvalue weighted by molar-refractivity contribution is 5.76. The average Bonchev–Trinajstić information content (AvgIpc) is 2.40. The van der Waals surface area contributed by atoms with Gasteiger partial charge in [0, 0.05) is 6.07 Å². The van der Waals surface area contributed by atoms with Crippen molar-refractivity contribution < 1.29 is 4.39 Å². The topological polar surface area (TPSA) is 59.8 Å². The van der Waals surface area contributed by atoms with Crippen LogP contribution in [0, 0.1) is 5.82 Å². The van der Waals surface area contributed by atoms with Gasteiger partial charge in [0.2, 0.25) is 0 Å². The van der Waals surface area contributed by atoms with Crippen LogP contribution in [0.4, 0.5) is 4.39 Å². The smallest absolute Gasteiger partial charge is 0.277 e. The minimum absolute atomic E-state index is 0.0840. The standard InChI is InChI=1S/C12H13FN4O/c13-8-1-2-10-11(7-8)15-16-17(12(10)18)9-3-5-14-6-4-9/h1-2,7,9,14H,3-6H2. The molecule has 5 nitrogen and oxygen atoms in total. The fraction of sp³-hybridized carbons (Fsp3) is 0.417. The quantitative estimate of drug-likeness (QED) is 0.813. The van der Waals surface area contributed by atoms with Gasteiger partial charge < -0.3 is 5.32 Å². The van der Waals surface area contributed by atoms with Crippen molar-refractivity contribution in [3.63, 3.8) is 0 Å². The van der Waals surface area contributed by atoms with Gasteiger partial charge in [-0.2, -0.15) is 0 Å². The molecule has 2 aromatic rings. The van der Waals surface area contributed by atoms with Gasteiger partial charge in [-0.05, 0) is 38.1 Å². The number of benzene rings is 1. The zero-order valence-electron chi connectivity index (χ0n) is 9.77. The van der Waals surface area contributed by atoms with E-state index < -0.39 is 5.82 Å². The minimum Gasteiger partial charge on any atom is -0.317 e. The van der Waals surface area contributed by atoms with Crippen molar-refractivity contribution in [2.24, 2.45) is 0 Å². The van der Waals surface area contributed by atoms with Crippen LogP contribution in [0.25, 0.3) is 10.9 Å². The molecule has 1 aromatic heterocycles. The Kier molecular flexibility index (Phi) is 2.79. The zero-order chi connectivity index (χ0) is 12.5. The molecule has 2 heterocycles. The fourth-order valence-electron chi connectivity index (χ4n) is 2.32. The predicted octanol–water partition coefficient (Wildman–Crippen LogP) is 0.855. The maximum Gasteiger partial charge on any atom is 0.277 e. The average molecular weight is 248 g/mol. The normalized spacial score (nSPS) is 17.2. The first kappa shape index (κ1) is 11.3. The molecule has 1 aliphatic heterocycles. The zero-order valence-corrected chi connectivity index (χ0v) is 9.77. The molecule has 0 radical (unpaired) electrons. The molecular weight excluding hydrogens is 235 g/mol. The number of fused-ring (bicyclic) bond motifs is 1. The lowest BCUT2D eigenvalue weighted by molar-refractivity contribution is 0.324. The molecule has 1 N–H and O–H groups in total. The van der Waals surface area contributed by atoms with Gasteiger partial charge >= 0.3 is 0 Å². The summed E-state index contributed by atoms with van der Waals surface area (Å²) in [6, 6.07) is 4.06. The lowest BCUT2D eigenvalue weighted by Gasteiger charge is -2.22. The molecule has 0 amide bonds. The number of piperidine rings is 1. The highest BCUT2D eigenvalue weighted by Gasteiger charge is 2.18. The van der Waals surface area contributed by atoms with Crippen LogP contribution in [0.1, 0.15) is 18.9 Å². The Morgan fingerprint density at radius 2 is 2.11 bits per heavy atom. The van der Waals surface area contributed by atoms with Gasteiger partial charge in [-0.15, -0.1) is 5.10 Å². The molecule has 0 saturated carbocycles. The molecule has 0 aliphatic carbocycles. The van der Waals surface area contributed by atoms with E-state index in [0.717, 1.165) is 25.9 Å². The third-order valence-electron chi connectivity index (χ3n) is 3.30. The van der Waals surface area contributed by atoms with Crippen LogP contribution in [-0.4, -0.2) is 28.1 Å². The number of nitrogens with one attached hydrogen (secondary N) is 1. The Balaban J connectivity index is 2.11. The Labute approximate surface area is 103 Å². The monoisotopic (exact) mass is 248 g/mol. The summed E-state index contributed by atoms with van der Waals surface area (Å²) in [7, 11) is 0. The summed E-state index contributed by atoms with van der Waals surface area (Å²) in [5.74, 6) is -0.407. The van der Waals surface area contributed by atoms with E-state index in [4.69, 9.17) is 0 Å². The van der Waals surface area contributed by atoms with Crippen molar-refractivity contribution in [3.05, 3.63) is 34.4 Å². The van der Waals surface area contributed by atoms with Gasteiger partial charge in [-0.1, -0.05) is 5.21 Å². The fourth-order valence-corrected chi connectivity index (χ4v) is 2.32. The largest absolute Gasteiger partial charge is 0.317 e. The summed E-state index contributed by atoms with van der Waals surface area (Å²) < 4.78 is 14.5. The van der Waals surface area contributed by atoms with Gasteiger partial charge in [0.25, 0.3) is 5.56 Å². The molecule has 0 bridgehead atoms. The Morgan fingerprint density at radius 3 is 2.89 bits per heavy atom. The number of nitrogens with zero attached hydrogens (tertiary/aromatic N) is 3. The van der Waals surface area contributed by atoms with Crippen molar-refractivity contribution in [2.75, 3.05) is 13.1 Å². The second kappa shape index (κ2) is 4.45. The highest BCUT2D eigenvalue weighted by Crippen LogP contribution is 2.16. The summed E-state index contributed by atoms with van der Waals surface area (Å²) >= 11 is 0. The Bertz CT molecular complexity index is 634. The maximum absolute atomic E-state index is 13.0. The maximum atomic E-state index is 13.0. The van der Waals surface area contributed by atoms with E-state index in [1.165, 1.54) is 22.9 Å². The molecule has 0 unspecified atom stereocenters. The van der Waals surface area contributed by atoms with Crippen LogP contribution >= 0.6 is 0 Å². The Morgan fingerprint density at radius 1 is 1.33 bits per heavy atom. The highest BCUT2D eigenvalue weighted by atomic mass is 19.1.